The lowest BCUT2D eigenvalue weighted by Crippen LogP contribution is -2.25. The molecular weight excluding hydrogens is 503 g/mol. The van der Waals surface area contributed by atoms with Crippen molar-refractivity contribution in [1.29, 1.82) is 0 Å². The molecule has 1 aromatic heterocycles. The van der Waals surface area contributed by atoms with Gasteiger partial charge in [0, 0.05) is 29.3 Å². The van der Waals surface area contributed by atoms with E-state index in [1.165, 1.54) is 24.4 Å². The summed E-state index contributed by atoms with van der Waals surface area (Å²) in [7, 11) is 0. The fourth-order valence-corrected chi connectivity index (χ4v) is 3.25. The first-order valence-corrected chi connectivity index (χ1v) is 9.71. The number of benzene rings is 3. The van der Waals surface area contributed by atoms with Crippen LogP contribution in [0.25, 0.3) is 22.2 Å². The normalized spacial score (nSPS) is 11.8. The van der Waals surface area contributed by atoms with E-state index < -0.39 is 57.8 Å². The number of hydrogen-bond acceptors (Lipinski definition) is 3. The van der Waals surface area contributed by atoms with E-state index in [4.69, 9.17) is 0 Å². The largest absolute Gasteiger partial charge is 0.458 e. The van der Waals surface area contributed by atoms with E-state index in [1.54, 1.807) is 0 Å². The maximum Gasteiger partial charge on any atom is 0.458 e. The molecule has 0 aliphatic heterocycles. The molecule has 3 aromatic carbocycles. The quantitative estimate of drug-likeness (QED) is 0.221. The van der Waals surface area contributed by atoms with Gasteiger partial charge in [0.1, 0.15) is 34.6 Å². The summed E-state index contributed by atoms with van der Waals surface area (Å²) in [5, 5.41) is -0.837. The van der Waals surface area contributed by atoms with Crippen LogP contribution in [0.3, 0.4) is 0 Å². The molecule has 4 rings (SSSR count). The van der Waals surface area contributed by atoms with Crippen molar-refractivity contribution in [2.24, 2.45) is 0 Å². The molecule has 12 heteroatoms. The van der Waals surface area contributed by atoms with Crippen LogP contribution in [0.1, 0.15) is 11.1 Å². The minimum absolute atomic E-state index is 0.121. The smallest absolute Gasteiger partial charge is 0.429 e. The number of alkyl halides is 5. The molecule has 0 saturated heterocycles. The number of hydrogen-bond donors (Lipinski definition) is 0. The molecule has 4 aromatic rings. The molecule has 0 N–H and O–H groups in total. The lowest BCUT2D eigenvalue weighted by Gasteiger charge is -2.20. The summed E-state index contributed by atoms with van der Waals surface area (Å²) in [6.45, 7) is 0. The van der Waals surface area contributed by atoms with Gasteiger partial charge >= 0.3 is 12.3 Å². The molecule has 0 aliphatic carbocycles. The van der Waals surface area contributed by atoms with Crippen molar-refractivity contribution in [2.45, 2.75) is 12.3 Å². The van der Waals surface area contributed by atoms with Crippen LogP contribution in [0, 0.1) is 35.1 Å². The molecule has 0 atom stereocenters. The molecule has 184 valence electrons. The lowest BCUT2D eigenvalue weighted by molar-refractivity contribution is -0.189. The minimum Gasteiger partial charge on any atom is -0.429 e. The Bertz CT molecular complexity index is 1500. The summed E-state index contributed by atoms with van der Waals surface area (Å²) in [6.07, 6.45) is -7.02. The second-order valence-corrected chi connectivity index (χ2v) is 7.18. The van der Waals surface area contributed by atoms with Crippen LogP contribution in [-0.4, -0.2) is 16.1 Å². The van der Waals surface area contributed by atoms with E-state index in [-0.39, 0.29) is 16.8 Å². The SMILES string of the molecule is Fc1cc2cc(OC(F)(F)c3c(F)cc(-c4ncccn4)cc3F)ccc2c(F)c1C#CC(F)(F)F. The molecule has 3 nitrogen and oxygen atoms in total. The zero-order chi connectivity index (χ0) is 26.3. The first-order chi connectivity index (χ1) is 16.9. The van der Waals surface area contributed by atoms with Gasteiger partial charge in [0.05, 0.1) is 5.56 Å². The second-order valence-electron chi connectivity index (χ2n) is 7.18. The Morgan fingerprint density at radius 2 is 1.42 bits per heavy atom. The highest BCUT2D eigenvalue weighted by Crippen LogP contribution is 2.38. The Kier molecular flexibility index (Phi) is 6.26. The van der Waals surface area contributed by atoms with Crippen LogP contribution in [0.15, 0.2) is 54.9 Å². The summed E-state index contributed by atoms with van der Waals surface area (Å²) in [5.74, 6) is -5.07. The van der Waals surface area contributed by atoms with E-state index in [0.29, 0.717) is 18.2 Å². The fraction of sp³-hybridized carbons (Fsp3) is 0.0833. The number of nitrogens with zero attached hydrogens (tertiary/aromatic N) is 2. The highest BCUT2D eigenvalue weighted by atomic mass is 19.4. The first kappa shape index (κ1) is 24.8. The van der Waals surface area contributed by atoms with Crippen LogP contribution < -0.4 is 4.74 Å². The molecule has 0 spiro atoms. The van der Waals surface area contributed by atoms with E-state index in [0.717, 1.165) is 24.1 Å². The first-order valence-electron chi connectivity index (χ1n) is 9.71. The van der Waals surface area contributed by atoms with E-state index in [9.17, 15) is 39.5 Å². The Labute approximate surface area is 196 Å². The van der Waals surface area contributed by atoms with E-state index in [2.05, 4.69) is 14.7 Å². The zero-order valence-corrected chi connectivity index (χ0v) is 17.4. The third-order valence-corrected chi connectivity index (χ3v) is 4.73. The van der Waals surface area contributed by atoms with Gasteiger partial charge in [-0.15, -0.1) is 0 Å². The van der Waals surface area contributed by atoms with Gasteiger partial charge in [-0.25, -0.2) is 27.5 Å². The van der Waals surface area contributed by atoms with Crippen molar-refractivity contribution in [3.63, 3.8) is 0 Å². The summed E-state index contributed by atoms with van der Waals surface area (Å²) in [5.41, 5.74) is -3.13. The van der Waals surface area contributed by atoms with Crippen molar-refractivity contribution >= 4 is 10.8 Å². The average Bonchev–Trinajstić information content (AvgIpc) is 2.77. The molecule has 0 radical (unpaired) electrons. The Morgan fingerprint density at radius 3 is 2.03 bits per heavy atom. The lowest BCUT2D eigenvalue weighted by atomic mass is 10.0. The van der Waals surface area contributed by atoms with Crippen molar-refractivity contribution in [3.05, 3.63) is 89.3 Å². The topological polar surface area (TPSA) is 35.0 Å². The fourth-order valence-electron chi connectivity index (χ4n) is 3.25. The molecule has 0 unspecified atom stereocenters. The van der Waals surface area contributed by atoms with Crippen molar-refractivity contribution in [1.82, 2.24) is 9.97 Å². The van der Waals surface area contributed by atoms with Crippen molar-refractivity contribution in [3.8, 4) is 29.0 Å². The Balaban J connectivity index is 1.69. The van der Waals surface area contributed by atoms with Gasteiger partial charge in [0.25, 0.3) is 0 Å². The van der Waals surface area contributed by atoms with Crippen LogP contribution >= 0.6 is 0 Å². The molecule has 0 fully saturated rings. The van der Waals surface area contributed by atoms with E-state index >= 15 is 0 Å². The summed E-state index contributed by atoms with van der Waals surface area (Å²) >= 11 is 0. The molecular formula is C24H9F9N2O. The molecule has 0 saturated carbocycles. The Hall–Kier alpha value is -4.27. The third kappa shape index (κ3) is 5.05. The van der Waals surface area contributed by atoms with Gasteiger partial charge in [-0.2, -0.15) is 22.0 Å². The number of rotatable bonds is 4. The molecule has 36 heavy (non-hydrogen) atoms. The van der Waals surface area contributed by atoms with Crippen LogP contribution in [0.2, 0.25) is 0 Å². The number of aromatic nitrogens is 2. The zero-order valence-electron chi connectivity index (χ0n) is 17.4. The summed E-state index contributed by atoms with van der Waals surface area (Å²) < 4.78 is 128. The monoisotopic (exact) mass is 512 g/mol. The minimum atomic E-state index is -5.01. The molecule has 1 heterocycles. The highest BCUT2D eigenvalue weighted by molar-refractivity contribution is 5.86. The maximum atomic E-state index is 14.7. The van der Waals surface area contributed by atoms with Gasteiger partial charge < -0.3 is 4.74 Å². The van der Waals surface area contributed by atoms with Gasteiger partial charge in [-0.05, 0) is 47.9 Å². The van der Waals surface area contributed by atoms with Gasteiger partial charge in [0.15, 0.2) is 5.82 Å². The molecule has 0 bridgehead atoms. The second kappa shape index (κ2) is 9.07. The number of ether oxygens (including phenoxy) is 1. The summed E-state index contributed by atoms with van der Waals surface area (Å²) in [6, 6.07) is 5.46. The van der Waals surface area contributed by atoms with Crippen LogP contribution in [0.5, 0.6) is 5.75 Å². The maximum absolute atomic E-state index is 14.7. The molecule has 0 aliphatic rings. The number of halogens is 9. The predicted octanol–water partition coefficient (Wildman–Crippen LogP) is 6.90. The van der Waals surface area contributed by atoms with Gasteiger partial charge in [-0.3, -0.25) is 0 Å². The van der Waals surface area contributed by atoms with Gasteiger partial charge in [0.2, 0.25) is 0 Å². The predicted molar refractivity (Wildman–Crippen MR) is 109 cm³/mol. The average molecular weight is 512 g/mol. The summed E-state index contributed by atoms with van der Waals surface area (Å²) in [4.78, 5) is 7.55. The van der Waals surface area contributed by atoms with Crippen molar-refractivity contribution < 1.29 is 44.3 Å². The highest BCUT2D eigenvalue weighted by Gasteiger charge is 2.41. The standard InChI is InChI=1S/C24H9F9N2O/c25-17-9-12-8-14(2-3-15(12)21(28)16(17)4-5-23(29,30)31)36-24(32,33)20-18(26)10-13(11-19(20)27)22-34-6-1-7-35-22/h1-3,6-11H. The van der Waals surface area contributed by atoms with Crippen LogP contribution in [0.4, 0.5) is 39.5 Å². The van der Waals surface area contributed by atoms with Gasteiger partial charge in [-0.1, -0.05) is 5.92 Å². The van der Waals surface area contributed by atoms with Crippen molar-refractivity contribution in [2.75, 3.05) is 0 Å². The Morgan fingerprint density at radius 1 is 0.778 bits per heavy atom. The van der Waals surface area contributed by atoms with E-state index in [1.807, 2.05) is 0 Å². The molecule has 0 amide bonds. The third-order valence-electron chi connectivity index (χ3n) is 4.73. The van der Waals surface area contributed by atoms with Crippen LogP contribution in [-0.2, 0) is 6.11 Å². The number of fused-ring (bicyclic) bond motifs is 1.